The van der Waals surface area contributed by atoms with Crippen molar-refractivity contribution >= 4 is 28.2 Å². The van der Waals surface area contributed by atoms with Gasteiger partial charge in [-0.3, -0.25) is 9.59 Å². The fraction of sp³-hybridized carbons (Fsp3) is 0.200. The van der Waals surface area contributed by atoms with Gasteiger partial charge < -0.3 is 15.8 Å². The summed E-state index contributed by atoms with van der Waals surface area (Å²) in [5.74, 6) is -0.157. The number of nitrogens with one attached hydrogen (secondary N) is 1. The number of methoxy groups -OCH3 is 1. The van der Waals surface area contributed by atoms with Crippen LogP contribution in [0.2, 0.25) is 0 Å². The third-order valence-corrected chi connectivity index (χ3v) is 4.33. The van der Waals surface area contributed by atoms with Crippen molar-refractivity contribution in [1.29, 1.82) is 0 Å². The molecule has 2 amide bonds. The van der Waals surface area contributed by atoms with Gasteiger partial charge in [0, 0.05) is 10.4 Å². The molecule has 0 saturated heterocycles. The number of carbonyl (C=O) groups is 2. The minimum absolute atomic E-state index is 0.290. The predicted octanol–water partition coefficient (Wildman–Crippen LogP) is 2.72. The molecule has 0 saturated carbocycles. The highest BCUT2D eigenvalue weighted by molar-refractivity contribution is 7.16. The molecule has 21 heavy (non-hydrogen) atoms. The fourth-order valence-corrected chi connectivity index (χ4v) is 2.99. The Morgan fingerprint density at radius 3 is 2.33 bits per heavy atom. The normalized spacial score (nSPS) is 10.2. The van der Waals surface area contributed by atoms with Gasteiger partial charge in [-0.25, -0.2) is 0 Å². The molecular weight excluding hydrogens is 288 g/mol. The molecule has 110 valence electrons. The monoisotopic (exact) mass is 304 g/mol. The van der Waals surface area contributed by atoms with Crippen molar-refractivity contribution in [3.8, 4) is 5.75 Å². The molecule has 0 unspecified atom stereocenters. The zero-order valence-electron chi connectivity index (χ0n) is 12.0. The van der Waals surface area contributed by atoms with E-state index in [1.807, 2.05) is 13.8 Å². The number of carbonyl (C=O) groups excluding carboxylic acids is 2. The number of ether oxygens (including phenoxy) is 1. The van der Waals surface area contributed by atoms with Crippen LogP contribution in [-0.4, -0.2) is 18.9 Å². The quantitative estimate of drug-likeness (QED) is 0.911. The smallest absolute Gasteiger partial charge is 0.256 e. The number of benzene rings is 1. The molecule has 2 rings (SSSR count). The summed E-state index contributed by atoms with van der Waals surface area (Å²) in [6.45, 7) is 3.70. The molecule has 0 atom stereocenters. The van der Waals surface area contributed by atoms with Gasteiger partial charge in [0.15, 0.2) is 0 Å². The van der Waals surface area contributed by atoms with Crippen LogP contribution < -0.4 is 15.8 Å². The second kappa shape index (κ2) is 5.97. The molecular formula is C15H16N2O3S. The van der Waals surface area contributed by atoms with E-state index in [2.05, 4.69) is 5.32 Å². The molecule has 5 nitrogen and oxygen atoms in total. The van der Waals surface area contributed by atoms with Crippen molar-refractivity contribution in [1.82, 2.24) is 0 Å². The maximum atomic E-state index is 12.2. The lowest BCUT2D eigenvalue weighted by Crippen LogP contribution is -2.17. The molecule has 0 bridgehead atoms. The minimum atomic E-state index is -0.540. The Kier molecular flexibility index (Phi) is 4.28. The lowest BCUT2D eigenvalue weighted by Gasteiger charge is -2.06. The van der Waals surface area contributed by atoms with Crippen LogP contribution in [-0.2, 0) is 0 Å². The van der Waals surface area contributed by atoms with Crippen LogP contribution in [0, 0.1) is 13.8 Å². The van der Waals surface area contributed by atoms with Gasteiger partial charge in [-0.05, 0) is 43.7 Å². The first-order chi connectivity index (χ1) is 9.93. The van der Waals surface area contributed by atoms with Gasteiger partial charge in [-0.1, -0.05) is 0 Å². The summed E-state index contributed by atoms with van der Waals surface area (Å²) in [6, 6.07) is 6.72. The van der Waals surface area contributed by atoms with E-state index in [1.54, 1.807) is 31.4 Å². The molecule has 1 aromatic heterocycles. The number of anilines is 1. The summed E-state index contributed by atoms with van der Waals surface area (Å²) < 4.78 is 5.05. The Morgan fingerprint density at radius 1 is 1.19 bits per heavy atom. The average molecular weight is 304 g/mol. The first kappa shape index (κ1) is 15.1. The van der Waals surface area contributed by atoms with Crippen LogP contribution in [0.25, 0.3) is 0 Å². The van der Waals surface area contributed by atoms with Crippen molar-refractivity contribution in [3.05, 3.63) is 45.8 Å². The molecule has 6 heteroatoms. The van der Waals surface area contributed by atoms with Gasteiger partial charge in [0.05, 0.1) is 12.7 Å². The number of primary amides is 1. The molecule has 1 heterocycles. The number of hydrogen-bond donors (Lipinski definition) is 2. The lowest BCUT2D eigenvalue weighted by atomic mass is 10.1. The zero-order chi connectivity index (χ0) is 15.6. The Bertz CT molecular complexity index is 690. The van der Waals surface area contributed by atoms with Gasteiger partial charge in [-0.2, -0.15) is 0 Å². The number of rotatable bonds is 4. The van der Waals surface area contributed by atoms with Crippen LogP contribution >= 0.6 is 11.3 Å². The molecule has 2 aromatic rings. The van der Waals surface area contributed by atoms with E-state index < -0.39 is 5.91 Å². The molecule has 0 aliphatic carbocycles. The summed E-state index contributed by atoms with van der Waals surface area (Å²) in [4.78, 5) is 24.7. The lowest BCUT2D eigenvalue weighted by molar-refractivity contribution is 0.100. The van der Waals surface area contributed by atoms with Crippen LogP contribution in [0.3, 0.4) is 0 Å². The highest BCUT2D eigenvalue weighted by Crippen LogP contribution is 2.32. The van der Waals surface area contributed by atoms with Crippen LogP contribution in [0.15, 0.2) is 24.3 Å². The number of nitrogens with two attached hydrogens (primary N) is 1. The van der Waals surface area contributed by atoms with Crippen molar-refractivity contribution < 1.29 is 14.3 Å². The van der Waals surface area contributed by atoms with Crippen molar-refractivity contribution in [2.75, 3.05) is 12.4 Å². The maximum Gasteiger partial charge on any atom is 0.256 e. The fourth-order valence-electron chi connectivity index (χ4n) is 1.93. The standard InChI is InChI=1S/C15H16N2O3S/c1-8-9(2)21-15(12(8)13(16)18)17-14(19)10-4-6-11(20-3)7-5-10/h4-7H,1-3H3,(H2,16,18)(H,17,19). The topological polar surface area (TPSA) is 81.4 Å². The summed E-state index contributed by atoms with van der Waals surface area (Å²) in [6.07, 6.45) is 0. The minimum Gasteiger partial charge on any atom is -0.497 e. The van der Waals surface area contributed by atoms with Gasteiger partial charge in [0.25, 0.3) is 11.8 Å². The molecule has 3 N–H and O–H groups in total. The second-order valence-electron chi connectivity index (χ2n) is 4.53. The van der Waals surface area contributed by atoms with Gasteiger partial charge in [-0.15, -0.1) is 11.3 Å². The van der Waals surface area contributed by atoms with E-state index in [0.717, 1.165) is 10.4 Å². The van der Waals surface area contributed by atoms with Crippen LogP contribution in [0.5, 0.6) is 5.75 Å². The SMILES string of the molecule is COc1ccc(C(=O)Nc2sc(C)c(C)c2C(N)=O)cc1. The summed E-state index contributed by atoms with van der Waals surface area (Å²) in [5.41, 5.74) is 7.04. The van der Waals surface area contributed by atoms with Gasteiger partial charge >= 0.3 is 0 Å². The molecule has 0 aliphatic rings. The Balaban J connectivity index is 2.27. The van der Waals surface area contributed by atoms with E-state index in [9.17, 15) is 9.59 Å². The van der Waals surface area contributed by atoms with E-state index in [0.29, 0.717) is 21.9 Å². The first-order valence-electron chi connectivity index (χ1n) is 6.29. The molecule has 0 aliphatic heterocycles. The Labute approximate surface area is 126 Å². The largest absolute Gasteiger partial charge is 0.497 e. The number of hydrogen-bond acceptors (Lipinski definition) is 4. The molecule has 0 radical (unpaired) electrons. The van der Waals surface area contributed by atoms with Crippen molar-refractivity contribution in [2.24, 2.45) is 5.73 Å². The Morgan fingerprint density at radius 2 is 1.81 bits per heavy atom. The molecule has 1 aromatic carbocycles. The van der Waals surface area contributed by atoms with Crippen molar-refractivity contribution in [2.45, 2.75) is 13.8 Å². The molecule has 0 fully saturated rings. The zero-order valence-corrected chi connectivity index (χ0v) is 12.8. The highest BCUT2D eigenvalue weighted by Gasteiger charge is 2.19. The maximum absolute atomic E-state index is 12.2. The number of thiophene rings is 1. The highest BCUT2D eigenvalue weighted by atomic mass is 32.1. The van der Waals surface area contributed by atoms with E-state index in [-0.39, 0.29) is 5.91 Å². The molecule has 0 spiro atoms. The number of amides is 2. The summed E-state index contributed by atoms with van der Waals surface area (Å²) >= 11 is 1.34. The van der Waals surface area contributed by atoms with Crippen LogP contribution in [0.1, 0.15) is 31.2 Å². The third-order valence-electron chi connectivity index (χ3n) is 3.21. The van der Waals surface area contributed by atoms with E-state index in [1.165, 1.54) is 11.3 Å². The average Bonchev–Trinajstić information content (AvgIpc) is 2.73. The number of aryl methyl sites for hydroxylation is 1. The van der Waals surface area contributed by atoms with Crippen molar-refractivity contribution in [3.63, 3.8) is 0 Å². The summed E-state index contributed by atoms with van der Waals surface area (Å²) in [5, 5.41) is 3.23. The Hall–Kier alpha value is -2.34. The van der Waals surface area contributed by atoms with E-state index >= 15 is 0 Å². The summed E-state index contributed by atoms with van der Waals surface area (Å²) in [7, 11) is 1.56. The van der Waals surface area contributed by atoms with Gasteiger partial charge in [0.2, 0.25) is 0 Å². The van der Waals surface area contributed by atoms with Gasteiger partial charge in [0.1, 0.15) is 10.8 Å². The second-order valence-corrected chi connectivity index (χ2v) is 5.76. The van der Waals surface area contributed by atoms with E-state index in [4.69, 9.17) is 10.5 Å². The third kappa shape index (κ3) is 3.05. The predicted molar refractivity (Wildman–Crippen MR) is 83.3 cm³/mol. The first-order valence-corrected chi connectivity index (χ1v) is 7.11. The van der Waals surface area contributed by atoms with Crippen LogP contribution in [0.4, 0.5) is 5.00 Å².